The van der Waals surface area contributed by atoms with Crippen molar-refractivity contribution in [1.82, 2.24) is 14.9 Å². The third-order valence-electron chi connectivity index (χ3n) is 4.03. The SMILES string of the molecule is CN(Cc1ccc2[nH]c(=O)[nH]c2c1)CC1(CN)CC1. The molecule has 0 unspecified atom stereocenters. The van der Waals surface area contributed by atoms with Crippen molar-refractivity contribution in [1.29, 1.82) is 0 Å². The van der Waals surface area contributed by atoms with Crippen LogP contribution in [0.3, 0.4) is 0 Å². The summed E-state index contributed by atoms with van der Waals surface area (Å²) in [4.78, 5) is 19.1. The van der Waals surface area contributed by atoms with E-state index in [0.29, 0.717) is 5.41 Å². The van der Waals surface area contributed by atoms with E-state index in [1.165, 1.54) is 18.4 Å². The lowest BCUT2D eigenvalue weighted by Gasteiger charge is -2.22. The zero-order valence-electron chi connectivity index (χ0n) is 11.2. The summed E-state index contributed by atoms with van der Waals surface area (Å²) in [7, 11) is 2.12. The summed E-state index contributed by atoms with van der Waals surface area (Å²) < 4.78 is 0. The number of nitrogens with two attached hydrogens (primary N) is 1. The van der Waals surface area contributed by atoms with Crippen LogP contribution >= 0.6 is 0 Å². The summed E-state index contributed by atoms with van der Waals surface area (Å²) in [6, 6.07) is 6.04. The summed E-state index contributed by atoms with van der Waals surface area (Å²) in [6.07, 6.45) is 2.50. The molecule has 1 saturated carbocycles. The molecule has 0 aliphatic heterocycles. The number of rotatable bonds is 5. The van der Waals surface area contributed by atoms with E-state index >= 15 is 0 Å². The molecule has 0 radical (unpaired) electrons. The number of hydrogen-bond acceptors (Lipinski definition) is 3. The predicted octanol–water partition coefficient (Wildman–Crippen LogP) is 1.03. The zero-order chi connectivity index (χ0) is 13.5. The number of fused-ring (bicyclic) bond motifs is 1. The molecule has 0 amide bonds. The van der Waals surface area contributed by atoms with Crippen LogP contribution in [-0.4, -0.2) is 35.0 Å². The van der Waals surface area contributed by atoms with Gasteiger partial charge in [-0.2, -0.15) is 0 Å². The molecular weight excluding hydrogens is 240 g/mol. The number of aromatic amines is 2. The van der Waals surface area contributed by atoms with Crippen LogP contribution in [0.15, 0.2) is 23.0 Å². The quantitative estimate of drug-likeness (QED) is 0.751. The van der Waals surface area contributed by atoms with Crippen molar-refractivity contribution in [3.8, 4) is 0 Å². The minimum absolute atomic E-state index is 0.152. The topological polar surface area (TPSA) is 77.9 Å². The summed E-state index contributed by atoms with van der Waals surface area (Å²) in [5.74, 6) is 0. The van der Waals surface area contributed by atoms with Crippen LogP contribution in [0.5, 0.6) is 0 Å². The molecule has 102 valence electrons. The predicted molar refractivity (Wildman–Crippen MR) is 76.0 cm³/mol. The van der Waals surface area contributed by atoms with Gasteiger partial charge in [0.25, 0.3) is 0 Å². The van der Waals surface area contributed by atoms with Crippen LogP contribution in [-0.2, 0) is 6.54 Å². The maximum Gasteiger partial charge on any atom is 0.323 e. The molecule has 2 aromatic rings. The molecule has 3 rings (SSSR count). The lowest BCUT2D eigenvalue weighted by molar-refractivity contribution is 0.259. The Labute approximate surface area is 111 Å². The Kier molecular flexibility index (Phi) is 2.95. The lowest BCUT2D eigenvalue weighted by atomic mass is 10.1. The fraction of sp³-hybridized carbons (Fsp3) is 0.500. The first-order valence-electron chi connectivity index (χ1n) is 6.70. The van der Waals surface area contributed by atoms with Gasteiger partial charge in [-0.1, -0.05) is 6.07 Å². The number of aromatic nitrogens is 2. The van der Waals surface area contributed by atoms with Gasteiger partial charge >= 0.3 is 5.69 Å². The van der Waals surface area contributed by atoms with Crippen molar-refractivity contribution >= 4 is 11.0 Å². The maximum absolute atomic E-state index is 11.2. The smallest absolute Gasteiger partial charge is 0.323 e. The number of nitrogens with zero attached hydrogens (tertiary/aromatic N) is 1. The molecule has 4 N–H and O–H groups in total. The van der Waals surface area contributed by atoms with Gasteiger partial charge in [-0.05, 0) is 49.5 Å². The van der Waals surface area contributed by atoms with Crippen LogP contribution < -0.4 is 11.4 Å². The Morgan fingerprint density at radius 1 is 1.32 bits per heavy atom. The molecule has 0 saturated heterocycles. The highest BCUT2D eigenvalue weighted by Gasteiger charge is 2.41. The van der Waals surface area contributed by atoms with Crippen molar-refractivity contribution in [2.24, 2.45) is 11.1 Å². The standard InChI is InChI=1S/C14H20N4O/c1-18(9-14(8-15)4-5-14)7-10-2-3-11-12(6-10)17-13(19)16-11/h2-3,6H,4-5,7-9,15H2,1H3,(H2,16,17,19). The van der Waals surface area contributed by atoms with Gasteiger partial charge in [-0.3, -0.25) is 0 Å². The Hall–Kier alpha value is -1.59. The lowest BCUT2D eigenvalue weighted by Crippen LogP contribution is -2.31. The average Bonchev–Trinajstić information content (AvgIpc) is 3.03. The third kappa shape index (κ3) is 2.57. The molecule has 19 heavy (non-hydrogen) atoms. The Balaban J connectivity index is 1.72. The van der Waals surface area contributed by atoms with Crippen LogP contribution in [0.2, 0.25) is 0 Å². The van der Waals surface area contributed by atoms with E-state index in [1.807, 2.05) is 12.1 Å². The molecule has 0 bridgehead atoms. The van der Waals surface area contributed by atoms with Crippen LogP contribution in [0.1, 0.15) is 18.4 Å². The highest BCUT2D eigenvalue weighted by molar-refractivity contribution is 5.74. The Morgan fingerprint density at radius 2 is 2.05 bits per heavy atom. The Bertz CT molecular complexity index is 638. The first-order valence-corrected chi connectivity index (χ1v) is 6.70. The summed E-state index contributed by atoms with van der Waals surface area (Å²) >= 11 is 0. The first kappa shape index (κ1) is 12.4. The van der Waals surface area contributed by atoms with Crippen molar-refractivity contribution in [2.45, 2.75) is 19.4 Å². The van der Waals surface area contributed by atoms with Crippen molar-refractivity contribution in [3.05, 3.63) is 34.2 Å². The Morgan fingerprint density at radius 3 is 2.74 bits per heavy atom. The molecule has 0 spiro atoms. The number of benzene rings is 1. The van der Waals surface area contributed by atoms with Crippen LogP contribution in [0.4, 0.5) is 0 Å². The fourth-order valence-corrected chi connectivity index (χ4v) is 2.72. The highest BCUT2D eigenvalue weighted by atomic mass is 16.1. The fourth-order valence-electron chi connectivity index (χ4n) is 2.72. The van der Waals surface area contributed by atoms with Gasteiger partial charge in [-0.25, -0.2) is 4.79 Å². The van der Waals surface area contributed by atoms with Crippen LogP contribution in [0, 0.1) is 5.41 Å². The zero-order valence-corrected chi connectivity index (χ0v) is 11.2. The summed E-state index contributed by atoms with van der Waals surface area (Å²) in [6.45, 7) is 2.71. The molecule has 1 aliphatic rings. The van der Waals surface area contributed by atoms with Gasteiger partial charge < -0.3 is 20.6 Å². The molecule has 1 aromatic heterocycles. The second-order valence-corrected chi connectivity index (χ2v) is 5.84. The number of nitrogens with one attached hydrogen (secondary N) is 2. The molecule has 0 atom stereocenters. The van der Waals surface area contributed by atoms with Crippen molar-refractivity contribution in [2.75, 3.05) is 20.1 Å². The molecule has 1 aliphatic carbocycles. The molecular formula is C14H20N4O. The van der Waals surface area contributed by atoms with Gasteiger partial charge in [0.2, 0.25) is 0 Å². The van der Waals surface area contributed by atoms with Crippen molar-refractivity contribution in [3.63, 3.8) is 0 Å². The second-order valence-electron chi connectivity index (χ2n) is 5.84. The van der Waals surface area contributed by atoms with E-state index in [0.717, 1.165) is 30.7 Å². The number of H-pyrrole nitrogens is 2. The van der Waals surface area contributed by atoms with E-state index in [4.69, 9.17) is 5.73 Å². The molecule has 5 nitrogen and oxygen atoms in total. The summed E-state index contributed by atoms with van der Waals surface area (Å²) in [5.41, 5.74) is 8.96. The van der Waals surface area contributed by atoms with Gasteiger partial charge in [0.15, 0.2) is 0 Å². The van der Waals surface area contributed by atoms with Gasteiger partial charge in [-0.15, -0.1) is 0 Å². The second kappa shape index (κ2) is 4.51. The average molecular weight is 260 g/mol. The molecule has 1 aromatic carbocycles. The van der Waals surface area contributed by atoms with E-state index < -0.39 is 0 Å². The molecule has 1 fully saturated rings. The normalized spacial score (nSPS) is 17.2. The van der Waals surface area contributed by atoms with Gasteiger partial charge in [0, 0.05) is 13.1 Å². The highest BCUT2D eigenvalue weighted by Crippen LogP contribution is 2.45. The van der Waals surface area contributed by atoms with E-state index in [2.05, 4.69) is 28.0 Å². The van der Waals surface area contributed by atoms with E-state index in [-0.39, 0.29) is 5.69 Å². The van der Waals surface area contributed by atoms with Gasteiger partial charge in [0.1, 0.15) is 0 Å². The minimum Gasteiger partial charge on any atom is -0.330 e. The van der Waals surface area contributed by atoms with E-state index in [9.17, 15) is 4.79 Å². The number of hydrogen-bond donors (Lipinski definition) is 3. The monoisotopic (exact) mass is 260 g/mol. The molecule has 5 heteroatoms. The number of imidazole rings is 1. The van der Waals surface area contributed by atoms with Crippen LogP contribution in [0.25, 0.3) is 11.0 Å². The van der Waals surface area contributed by atoms with Gasteiger partial charge in [0.05, 0.1) is 11.0 Å². The largest absolute Gasteiger partial charge is 0.330 e. The maximum atomic E-state index is 11.2. The summed E-state index contributed by atoms with van der Waals surface area (Å²) in [5, 5.41) is 0. The van der Waals surface area contributed by atoms with E-state index in [1.54, 1.807) is 0 Å². The first-order chi connectivity index (χ1) is 9.10. The minimum atomic E-state index is -0.152. The third-order valence-corrected chi connectivity index (χ3v) is 4.03. The molecule has 1 heterocycles. The van der Waals surface area contributed by atoms with Crippen molar-refractivity contribution < 1.29 is 0 Å².